The minimum absolute atomic E-state index is 0.0885. The maximum Gasteiger partial charge on any atom is 0.232 e. The summed E-state index contributed by atoms with van der Waals surface area (Å²) < 4.78 is 24.8. The van der Waals surface area contributed by atoms with E-state index in [0.717, 1.165) is 11.1 Å². The van der Waals surface area contributed by atoms with Gasteiger partial charge >= 0.3 is 0 Å². The van der Waals surface area contributed by atoms with Gasteiger partial charge in [-0.05, 0) is 55.7 Å². The molecule has 1 aliphatic rings. The lowest BCUT2D eigenvalue weighted by Crippen LogP contribution is -2.27. The molecule has 1 aliphatic heterocycles. The maximum absolute atomic E-state index is 12.3. The first-order valence-corrected chi connectivity index (χ1v) is 9.33. The van der Waals surface area contributed by atoms with Gasteiger partial charge in [-0.2, -0.15) is 0 Å². The number of rotatable bonds is 5. The summed E-state index contributed by atoms with van der Waals surface area (Å²) in [7, 11) is -3.26. The van der Waals surface area contributed by atoms with Gasteiger partial charge in [-0.1, -0.05) is 24.3 Å². The number of sulfonamides is 1. The largest absolute Gasteiger partial charge is 0.289 e. The fourth-order valence-electron chi connectivity index (χ4n) is 2.58. The van der Waals surface area contributed by atoms with Crippen molar-refractivity contribution in [3.63, 3.8) is 0 Å². The second-order valence-electron chi connectivity index (χ2n) is 5.41. The fraction of sp³-hybridized carbons (Fsp3) is 0.278. The van der Waals surface area contributed by atoms with Crippen molar-refractivity contribution in [2.45, 2.75) is 20.3 Å². The lowest BCUT2D eigenvalue weighted by atomic mass is 10.0. The molecule has 0 saturated heterocycles. The van der Waals surface area contributed by atoms with Crippen molar-refractivity contribution in [3.05, 3.63) is 65.3 Å². The van der Waals surface area contributed by atoms with Crippen LogP contribution >= 0.6 is 0 Å². The van der Waals surface area contributed by atoms with E-state index in [1.54, 1.807) is 30.4 Å². The normalized spacial score (nSPS) is 15.6. The van der Waals surface area contributed by atoms with Gasteiger partial charge in [0.15, 0.2) is 5.78 Å². The third-order valence-corrected chi connectivity index (χ3v) is 4.92. The number of hydrogen-bond acceptors (Lipinski definition) is 3. The van der Waals surface area contributed by atoms with E-state index in [1.165, 1.54) is 10.6 Å². The van der Waals surface area contributed by atoms with Crippen molar-refractivity contribution in [2.75, 3.05) is 17.1 Å². The molecule has 1 heterocycles. The monoisotopic (exact) mass is 331 g/mol. The van der Waals surface area contributed by atoms with Crippen LogP contribution in [0.15, 0.2) is 54.2 Å². The maximum atomic E-state index is 12.3. The van der Waals surface area contributed by atoms with E-state index in [9.17, 15) is 13.2 Å². The van der Waals surface area contributed by atoms with Gasteiger partial charge in [0.2, 0.25) is 10.0 Å². The van der Waals surface area contributed by atoms with Crippen molar-refractivity contribution in [2.24, 2.45) is 0 Å². The highest BCUT2D eigenvalue weighted by Crippen LogP contribution is 2.30. The summed E-state index contributed by atoms with van der Waals surface area (Å²) in [6.45, 7) is 4.28. The van der Waals surface area contributed by atoms with Crippen LogP contribution in [0.3, 0.4) is 0 Å². The third-order valence-electron chi connectivity index (χ3n) is 3.74. The Balaban J connectivity index is 2.24. The molecular formula is C18H21NO3S. The van der Waals surface area contributed by atoms with Gasteiger partial charge in [0, 0.05) is 12.1 Å². The molecule has 1 aromatic rings. The number of carbonyl (C=O) groups excluding carboxylic acids is 1. The summed E-state index contributed by atoms with van der Waals surface area (Å²) in [5.41, 5.74) is 3.11. The molecule has 4 nitrogen and oxygen atoms in total. The Hall–Kier alpha value is -2.14. The van der Waals surface area contributed by atoms with Crippen LogP contribution in [0.1, 0.15) is 29.8 Å². The Labute approximate surface area is 137 Å². The molecule has 0 saturated carbocycles. The van der Waals surface area contributed by atoms with Gasteiger partial charge in [-0.3, -0.25) is 9.10 Å². The number of ketones is 1. The highest BCUT2D eigenvalue weighted by atomic mass is 32.2. The Morgan fingerprint density at radius 2 is 1.91 bits per heavy atom. The molecule has 0 radical (unpaired) electrons. The van der Waals surface area contributed by atoms with E-state index in [0.29, 0.717) is 24.2 Å². The number of hydrogen-bond donors (Lipinski definition) is 0. The molecule has 5 heteroatoms. The summed E-state index contributed by atoms with van der Waals surface area (Å²) in [4.78, 5) is 12.3. The number of fused-ring (bicyclic) bond motifs is 1. The topological polar surface area (TPSA) is 54.5 Å². The lowest BCUT2D eigenvalue weighted by molar-refractivity contribution is 0.104. The predicted molar refractivity (Wildman–Crippen MR) is 94.4 cm³/mol. The van der Waals surface area contributed by atoms with E-state index < -0.39 is 10.0 Å². The van der Waals surface area contributed by atoms with Gasteiger partial charge in [-0.25, -0.2) is 8.42 Å². The van der Waals surface area contributed by atoms with Crippen LogP contribution in [0.5, 0.6) is 0 Å². The van der Waals surface area contributed by atoms with Crippen molar-refractivity contribution in [3.8, 4) is 0 Å². The SMILES string of the molecule is CC=CC(C=CC(=O)c1ccc2c(c1)CCN2S(C)(=O)=O)=CC. The molecule has 0 fully saturated rings. The molecule has 23 heavy (non-hydrogen) atoms. The Bertz CT molecular complexity index is 802. The molecule has 1 aromatic carbocycles. The molecule has 0 aromatic heterocycles. The van der Waals surface area contributed by atoms with Crippen LogP contribution in [-0.4, -0.2) is 27.0 Å². The quantitative estimate of drug-likeness (QED) is 0.473. The summed E-state index contributed by atoms with van der Waals surface area (Å²) in [6, 6.07) is 5.19. The average molecular weight is 331 g/mol. The molecule has 0 amide bonds. The van der Waals surface area contributed by atoms with Crippen LogP contribution in [0.2, 0.25) is 0 Å². The van der Waals surface area contributed by atoms with Crippen LogP contribution in [0.4, 0.5) is 5.69 Å². The molecule has 0 spiro atoms. The van der Waals surface area contributed by atoms with E-state index in [-0.39, 0.29) is 5.78 Å². The first kappa shape index (κ1) is 17.2. The van der Waals surface area contributed by atoms with Crippen molar-refractivity contribution < 1.29 is 13.2 Å². The number of anilines is 1. The van der Waals surface area contributed by atoms with Gasteiger partial charge in [0.1, 0.15) is 0 Å². The van der Waals surface area contributed by atoms with E-state index in [4.69, 9.17) is 0 Å². The minimum atomic E-state index is -3.26. The highest BCUT2D eigenvalue weighted by molar-refractivity contribution is 7.92. The molecule has 0 unspecified atom stereocenters. The zero-order chi connectivity index (χ0) is 17.0. The number of benzene rings is 1. The Morgan fingerprint density at radius 3 is 2.52 bits per heavy atom. The zero-order valence-corrected chi connectivity index (χ0v) is 14.4. The summed E-state index contributed by atoms with van der Waals surface area (Å²) in [5, 5.41) is 0. The smallest absolute Gasteiger partial charge is 0.232 e. The van der Waals surface area contributed by atoms with Crippen molar-refractivity contribution in [1.29, 1.82) is 0 Å². The van der Waals surface area contributed by atoms with Crippen LogP contribution in [0.25, 0.3) is 0 Å². The summed E-state index contributed by atoms with van der Waals surface area (Å²) >= 11 is 0. The number of allylic oxidation sites excluding steroid dienone is 6. The zero-order valence-electron chi connectivity index (χ0n) is 13.6. The van der Waals surface area contributed by atoms with Gasteiger partial charge in [0.05, 0.1) is 11.9 Å². The van der Waals surface area contributed by atoms with Crippen LogP contribution in [-0.2, 0) is 16.4 Å². The van der Waals surface area contributed by atoms with Crippen molar-refractivity contribution >= 4 is 21.5 Å². The minimum Gasteiger partial charge on any atom is -0.289 e. The average Bonchev–Trinajstić information content (AvgIpc) is 2.94. The second kappa shape index (κ2) is 6.96. The predicted octanol–water partition coefficient (Wildman–Crippen LogP) is 3.27. The molecule has 0 atom stereocenters. The van der Waals surface area contributed by atoms with E-state index in [2.05, 4.69) is 0 Å². The first-order valence-electron chi connectivity index (χ1n) is 7.49. The lowest BCUT2D eigenvalue weighted by Gasteiger charge is -2.16. The van der Waals surface area contributed by atoms with Crippen molar-refractivity contribution in [1.82, 2.24) is 0 Å². The molecule has 0 N–H and O–H groups in total. The molecule has 0 bridgehead atoms. The first-order chi connectivity index (χ1) is 10.9. The highest BCUT2D eigenvalue weighted by Gasteiger charge is 2.26. The summed E-state index contributed by atoms with van der Waals surface area (Å²) in [6.07, 6.45) is 10.9. The fourth-order valence-corrected chi connectivity index (χ4v) is 3.54. The summed E-state index contributed by atoms with van der Waals surface area (Å²) in [5.74, 6) is -0.0885. The van der Waals surface area contributed by atoms with Crippen LogP contribution < -0.4 is 4.31 Å². The molecule has 2 rings (SSSR count). The van der Waals surface area contributed by atoms with Crippen LogP contribution in [0, 0.1) is 0 Å². The number of nitrogens with zero attached hydrogens (tertiary/aromatic N) is 1. The van der Waals surface area contributed by atoms with Gasteiger partial charge in [-0.15, -0.1) is 0 Å². The van der Waals surface area contributed by atoms with E-state index in [1.807, 2.05) is 32.1 Å². The Kier molecular flexibility index (Phi) is 5.21. The second-order valence-corrected chi connectivity index (χ2v) is 7.32. The molecule has 122 valence electrons. The van der Waals surface area contributed by atoms with Gasteiger partial charge in [0.25, 0.3) is 0 Å². The standard InChI is InChI=1S/C18H21NO3S/c1-4-6-14(5-2)7-10-18(20)16-8-9-17-15(13-16)11-12-19(17)23(3,21)22/h4-10,13H,11-12H2,1-3H3. The number of carbonyl (C=O) groups is 1. The molecule has 0 aliphatic carbocycles. The van der Waals surface area contributed by atoms with Gasteiger partial charge < -0.3 is 0 Å². The molecular weight excluding hydrogens is 310 g/mol. The third kappa shape index (κ3) is 3.99. The Morgan fingerprint density at radius 1 is 1.17 bits per heavy atom. The van der Waals surface area contributed by atoms with E-state index >= 15 is 0 Å².